The summed E-state index contributed by atoms with van der Waals surface area (Å²) in [5.41, 5.74) is 5.78. The standard InChI is InChI=1S/C37H59N9O11/c1-5-20(2)29(33(52)39-18-28(48)43-14-9-13-27(43)37(56)57)42-32(51)25-11-6-15-44(25)35(54)22(4)40-30(49)23(19-47)41-31(50)24-10-7-16-45(24)36(55)26-12-8-17-46(26)34(53)21(3)38/h20-27,29,47H,5-19,38H2,1-4H3,(H,39,52)(H,40,49)(H,41,50)(H,42,51)(H,56,57)/t20-,21-,22-,23-,24-,25-,26-,27-,29-/m0/s1. The number of nitrogens with two attached hydrogens (primary N) is 1. The number of nitrogens with zero attached hydrogens (tertiary/aromatic N) is 4. The van der Waals surface area contributed by atoms with Gasteiger partial charge in [-0.2, -0.15) is 0 Å². The average molecular weight is 806 g/mol. The third-order valence-electron chi connectivity index (χ3n) is 11.5. The number of amides is 8. The molecule has 57 heavy (non-hydrogen) atoms. The summed E-state index contributed by atoms with van der Waals surface area (Å²) in [6, 6.07) is -8.12. The second-order valence-electron chi connectivity index (χ2n) is 15.5. The van der Waals surface area contributed by atoms with Gasteiger partial charge in [0.15, 0.2) is 0 Å². The summed E-state index contributed by atoms with van der Waals surface area (Å²) >= 11 is 0. The van der Waals surface area contributed by atoms with E-state index in [9.17, 15) is 53.4 Å². The molecule has 4 saturated heterocycles. The van der Waals surface area contributed by atoms with Crippen LogP contribution in [0.3, 0.4) is 0 Å². The number of carbonyl (C=O) groups excluding carboxylic acids is 8. The van der Waals surface area contributed by atoms with Gasteiger partial charge in [-0.3, -0.25) is 38.4 Å². The van der Waals surface area contributed by atoms with Crippen LogP contribution in [0.2, 0.25) is 0 Å². The molecule has 0 aromatic heterocycles. The van der Waals surface area contributed by atoms with Crippen molar-refractivity contribution in [3.63, 3.8) is 0 Å². The highest BCUT2D eigenvalue weighted by Crippen LogP contribution is 2.26. The Morgan fingerprint density at radius 2 is 1.18 bits per heavy atom. The van der Waals surface area contributed by atoms with Crippen LogP contribution in [0, 0.1) is 5.92 Å². The summed E-state index contributed by atoms with van der Waals surface area (Å²) in [6.07, 6.45) is 3.95. The SMILES string of the molecule is CC[C@H](C)[C@H](NC(=O)[C@@H]1CCCN1C(=O)[C@H](C)NC(=O)[C@H](CO)NC(=O)[C@@H]1CCCN1C(=O)[C@@H]1CCCN1C(=O)[C@H](C)N)C(=O)NCC(=O)N1CCC[C@H]1C(=O)O. The molecular weight excluding hydrogens is 746 g/mol. The lowest BCUT2D eigenvalue weighted by Crippen LogP contribution is -2.60. The molecule has 20 heteroatoms. The number of nitrogens with one attached hydrogen (secondary N) is 4. The molecule has 0 aliphatic carbocycles. The first kappa shape index (κ1) is 44.9. The Morgan fingerprint density at radius 3 is 1.74 bits per heavy atom. The number of likely N-dealkylation sites (tertiary alicyclic amines) is 4. The molecule has 9 atom stereocenters. The lowest BCUT2D eigenvalue weighted by Gasteiger charge is -2.32. The van der Waals surface area contributed by atoms with Crippen LogP contribution in [0.4, 0.5) is 0 Å². The van der Waals surface area contributed by atoms with Crippen molar-refractivity contribution in [1.82, 2.24) is 40.9 Å². The molecular formula is C37H59N9O11. The zero-order valence-electron chi connectivity index (χ0n) is 33.2. The minimum atomic E-state index is -1.47. The van der Waals surface area contributed by atoms with E-state index in [4.69, 9.17) is 5.73 Å². The van der Waals surface area contributed by atoms with Gasteiger partial charge < -0.3 is 56.8 Å². The molecule has 0 aromatic carbocycles. The summed E-state index contributed by atoms with van der Waals surface area (Å²) in [5.74, 6) is -6.14. The van der Waals surface area contributed by atoms with E-state index in [0.717, 1.165) is 0 Å². The van der Waals surface area contributed by atoms with Gasteiger partial charge in [0, 0.05) is 26.2 Å². The van der Waals surface area contributed by atoms with Gasteiger partial charge in [0.1, 0.15) is 42.3 Å². The summed E-state index contributed by atoms with van der Waals surface area (Å²) in [6.45, 7) is 6.36. The van der Waals surface area contributed by atoms with Crippen LogP contribution in [0.1, 0.15) is 85.5 Å². The fourth-order valence-corrected chi connectivity index (χ4v) is 8.08. The van der Waals surface area contributed by atoms with Crippen molar-refractivity contribution in [2.24, 2.45) is 11.7 Å². The molecule has 4 fully saturated rings. The van der Waals surface area contributed by atoms with Gasteiger partial charge in [0.2, 0.25) is 47.3 Å². The third kappa shape index (κ3) is 10.6. The van der Waals surface area contributed by atoms with Crippen molar-refractivity contribution in [2.75, 3.05) is 39.3 Å². The minimum absolute atomic E-state index is 0.187. The van der Waals surface area contributed by atoms with E-state index >= 15 is 0 Å². The van der Waals surface area contributed by atoms with Gasteiger partial charge in [0.05, 0.1) is 19.2 Å². The number of carbonyl (C=O) groups is 9. The van der Waals surface area contributed by atoms with E-state index in [1.54, 1.807) is 13.8 Å². The first-order valence-corrected chi connectivity index (χ1v) is 20.0. The third-order valence-corrected chi connectivity index (χ3v) is 11.5. The minimum Gasteiger partial charge on any atom is -0.480 e. The number of hydrogen-bond donors (Lipinski definition) is 7. The van der Waals surface area contributed by atoms with Gasteiger partial charge in [-0.15, -0.1) is 0 Å². The van der Waals surface area contributed by atoms with Gasteiger partial charge in [-0.25, -0.2) is 4.79 Å². The Morgan fingerprint density at radius 1 is 0.667 bits per heavy atom. The molecule has 4 aliphatic rings. The highest BCUT2D eigenvalue weighted by atomic mass is 16.4. The molecule has 8 N–H and O–H groups in total. The van der Waals surface area contributed by atoms with Crippen molar-refractivity contribution >= 4 is 53.2 Å². The molecule has 8 amide bonds. The average Bonchev–Trinajstić information content (AvgIpc) is 4.03. The Labute approximate surface area is 331 Å². The first-order valence-electron chi connectivity index (χ1n) is 20.0. The number of hydrogen-bond acceptors (Lipinski definition) is 11. The number of rotatable bonds is 16. The van der Waals surface area contributed by atoms with Crippen LogP contribution >= 0.6 is 0 Å². The fraction of sp³-hybridized carbons (Fsp3) is 0.757. The maximum atomic E-state index is 13.6. The van der Waals surface area contributed by atoms with Gasteiger partial charge in [-0.1, -0.05) is 20.3 Å². The van der Waals surface area contributed by atoms with Crippen LogP contribution in [0.25, 0.3) is 0 Å². The van der Waals surface area contributed by atoms with E-state index in [1.807, 2.05) is 6.92 Å². The molecule has 0 saturated carbocycles. The molecule has 4 heterocycles. The maximum Gasteiger partial charge on any atom is 0.326 e. The van der Waals surface area contributed by atoms with Crippen molar-refractivity contribution in [2.45, 2.75) is 134 Å². The van der Waals surface area contributed by atoms with E-state index in [1.165, 1.54) is 26.5 Å². The molecule has 20 nitrogen and oxygen atoms in total. The van der Waals surface area contributed by atoms with Crippen LogP contribution in [-0.2, 0) is 43.2 Å². The smallest absolute Gasteiger partial charge is 0.326 e. The molecule has 0 bridgehead atoms. The molecule has 0 radical (unpaired) electrons. The number of carboxylic acid groups (broad SMARTS) is 1. The van der Waals surface area contributed by atoms with E-state index in [-0.39, 0.29) is 43.8 Å². The topological polar surface area (TPSA) is 281 Å². The number of aliphatic hydroxyl groups excluding tert-OH is 1. The second-order valence-corrected chi connectivity index (χ2v) is 15.5. The normalized spacial score (nSPS) is 24.6. The Hall–Kier alpha value is -4.85. The molecule has 318 valence electrons. The van der Waals surface area contributed by atoms with E-state index < -0.39 is 103 Å². The lowest BCUT2D eigenvalue weighted by molar-refractivity contribution is -0.148. The van der Waals surface area contributed by atoms with Crippen LogP contribution in [0.15, 0.2) is 0 Å². The summed E-state index contributed by atoms with van der Waals surface area (Å²) in [7, 11) is 0. The van der Waals surface area contributed by atoms with E-state index in [0.29, 0.717) is 57.9 Å². The highest BCUT2D eigenvalue weighted by molar-refractivity contribution is 5.98. The molecule has 0 aromatic rings. The van der Waals surface area contributed by atoms with Crippen molar-refractivity contribution in [3.8, 4) is 0 Å². The predicted octanol–water partition coefficient (Wildman–Crippen LogP) is -2.99. The van der Waals surface area contributed by atoms with Crippen LogP contribution in [-0.4, -0.2) is 171 Å². The van der Waals surface area contributed by atoms with Crippen LogP contribution < -0.4 is 27.0 Å². The zero-order chi connectivity index (χ0) is 42.1. The lowest BCUT2D eigenvalue weighted by atomic mass is 9.97. The van der Waals surface area contributed by atoms with Crippen molar-refractivity contribution < 1.29 is 53.4 Å². The second kappa shape index (κ2) is 20.0. The number of carboxylic acids is 1. The largest absolute Gasteiger partial charge is 0.480 e. The Bertz CT molecular complexity index is 1560. The molecule has 0 unspecified atom stereocenters. The predicted molar refractivity (Wildman–Crippen MR) is 201 cm³/mol. The zero-order valence-corrected chi connectivity index (χ0v) is 33.2. The Balaban J connectivity index is 1.32. The van der Waals surface area contributed by atoms with E-state index in [2.05, 4.69) is 21.3 Å². The number of aliphatic carboxylic acids is 1. The molecule has 0 spiro atoms. The van der Waals surface area contributed by atoms with Gasteiger partial charge in [-0.05, 0) is 71.1 Å². The highest BCUT2D eigenvalue weighted by Gasteiger charge is 2.44. The summed E-state index contributed by atoms with van der Waals surface area (Å²) in [5, 5.41) is 29.7. The van der Waals surface area contributed by atoms with Crippen LogP contribution in [0.5, 0.6) is 0 Å². The van der Waals surface area contributed by atoms with Crippen molar-refractivity contribution in [1.29, 1.82) is 0 Å². The molecule has 4 aliphatic heterocycles. The van der Waals surface area contributed by atoms with Gasteiger partial charge >= 0.3 is 5.97 Å². The summed E-state index contributed by atoms with van der Waals surface area (Å²) in [4.78, 5) is 123. The number of aliphatic hydroxyl groups is 1. The monoisotopic (exact) mass is 805 g/mol. The first-order chi connectivity index (χ1) is 27.0. The maximum absolute atomic E-state index is 13.6. The Kier molecular flexibility index (Phi) is 15.8. The summed E-state index contributed by atoms with van der Waals surface area (Å²) < 4.78 is 0. The quantitative estimate of drug-likeness (QED) is 0.0823. The van der Waals surface area contributed by atoms with Crippen molar-refractivity contribution in [3.05, 3.63) is 0 Å². The molecule has 4 rings (SSSR count). The van der Waals surface area contributed by atoms with Gasteiger partial charge in [0.25, 0.3) is 0 Å². The fourth-order valence-electron chi connectivity index (χ4n) is 8.08.